The highest BCUT2D eigenvalue weighted by Gasteiger charge is 2.11. The minimum Gasteiger partial charge on any atom is -0.360 e. The van der Waals surface area contributed by atoms with E-state index in [2.05, 4.69) is 43.1 Å². The lowest BCUT2D eigenvalue weighted by Gasteiger charge is -2.27. The minimum atomic E-state index is 0.371. The van der Waals surface area contributed by atoms with Gasteiger partial charge >= 0.3 is 0 Å². The van der Waals surface area contributed by atoms with Crippen LogP contribution in [-0.4, -0.2) is 17.7 Å². The third kappa shape index (κ3) is 4.73. The Kier molecular flexibility index (Phi) is 5.98. The fourth-order valence-electron chi connectivity index (χ4n) is 1.60. The Balaban J connectivity index is 2.76. The fraction of sp³-hybridized carbons (Fsp3) is 0.500. The number of hydrogen-bond donors (Lipinski definition) is 1. The average Bonchev–Trinajstić information content (AvgIpc) is 2.30. The maximum Gasteiger partial charge on any atom is 0.173 e. The smallest absolute Gasteiger partial charge is 0.173 e. The summed E-state index contributed by atoms with van der Waals surface area (Å²) in [4.78, 5) is 2.18. The monoisotopic (exact) mass is 250 g/mol. The van der Waals surface area contributed by atoms with Gasteiger partial charge < -0.3 is 10.2 Å². The van der Waals surface area contributed by atoms with Gasteiger partial charge in [-0.2, -0.15) is 0 Å². The second-order valence-corrected chi connectivity index (χ2v) is 4.83. The Hall–Kier alpha value is -1.09. The second-order valence-electron chi connectivity index (χ2n) is 4.44. The van der Waals surface area contributed by atoms with Gasteiger partial charge in [0, 0.05) is 18.3 Å². The number of rotatable bonds is 5. The van der Waals surface area contributed by atoms with Gasteiger partial charge in [0.25, 0.3) is 0 Å². The number of nitrogens with one attached hydrogen (secondary N) is 1. The minimum absolute atomic E-state index is 0.371. The summed E-state index contributed by atoms with van der Waals surface area (Å²) in [6, 6.07) is 10.7. The van der Waals surface area contributed by atoms with Crippen molar-refractivity contribution in [1.29, 1.82) is 0 Å². The molecule has 0 aromatic heterocycles. The first-order chi connectivity index (χ1) is 8.15. The van der Waals surface area contributed by atoms with Gasteiger partial charge in [-0.1, -0.05) is 31.5 Å². The second kappa shape index (κ2) is 7.28. The zero-order valence-corrected chi connectivity index (χ0v) is 11.8. The van der Waals surface area contributed by atoms with Crippen LogP contribution in [0, 0.1) is 0 Å². The maximum absolute atomic E-state index is 5.46. The van der Waals surface area contributed by atoms with Crippen LogP contribution >= 0.6 is 12.2 Å². The molecular weight excluding hydrogens is 228 g/mol. The lowest BCUT2D eigenvalue weighted by molar-refractivity contribution is 0.716. The maximum atomic E-state index is 5.46. The largest absolute Gasteiger partial charge is 0.360 e. The third-order valence-electron chi connectivity index (χ3n) is 2.46. The van der Waals surface area contributed by atoms with Crippen molar-refractivity contribution in [1.82, 2.24) is 5.32 Å². The SMILES string of the molecule is CCCCN(C(=S)NC(C)C)c1ccccc1. The summed E-state index contributed by atoms with van der Waals surface area (Å²) < 4.78 is 0. The van der Waals surface area contributed by atoms with Gasteiger partial charge in [0.1, 0.15) is 0 Å². The van der Waals surface area contributed by atoms with Crippen molar-refractivity contribution < 1.29 is 0 Å². The molecule has 0 bridgehead atoms. The summed E-state index contributed by atoms with van der Waals surface area (Å²) in [5, 5.41) is 4.13. The van der Waals surface area contributed by atoms with Gasteiger partial charge in [0.05, 0.1) is 0 Å². The highest BCUT2D eigenvalue weighted by atomic mass is 32.1. The van der Waals surface area contributed by atoms with E-state index in [1.807, 2.05) is 18.2 Å². The van der Waals surface area contributed by atoms with E-state index in [0.717, 1.165) is 18.1 Å². The molecule has 3 heteroatoms. The molecule has 17 heavy (non-hydrogen) atoms. The first kappa shape index (κ1) is 14.0. The van der Waals surface area contributed by atoms with Gasteiger partial charge in [0.15, 0.2) is 5.11 Å². The average molecular weight is 250 g/mol. The summed E-state index contributed by atoms with van der Waals surface area (Å²) >= 11 is 5.46. The van der Waals surface area contributed by atoms with Crippen molar-refractivity contribution in [3.05, 3.63) is 30.3 Å². The number of nitrogens with zero attached hydrogens (tertiary/aromatic N) is 1. The molecule has 0 unspecified atom stereocenters. The van der Waals surface area contributed by atoms with Crippen molar-refractivity contribution in [2.75, 3.05) is 11.4 Å². The van der Waals surface area contributed by atoms with Crippen LogP contribution in [0.2, 0.25) is 0 Å². The predicted molar refractivity (Wildman–Crippen MR) is 79.6 cm³/mol. The number of hydrogen-bond acceptors (Lipinski definition) is 1. The van der Waals surface area contributed by atoms with Gasteiger partial charge in [0.2, 0.25) is 0 Å². The zero-order valence-electron chi connectivity index (χ0n) is 10.9. The molecule has 0 saturated heterocycles. The van der Waals surface area contributed by atoms with E-state index >= 15 is 0 Å². The lowest BCUT2D eigenvalue weighted by atomic mass is 10.2. The van der Waals surface area contributed by atoms with Crippen molar-refractivity contribution in [2.45, 2.75) is 39.7 Å². The van der Waals surface area contributed by atoms with Crippen molar-refractivity contribution in [2.24, 2.45) is 0 Å². The van der Waals surface area contributed by atoms with E-state index in [1.54, 1.807) is 0 Å². The summed E-state index contributed by atoms with van der Waals surface area (Å²) in [7, 11) is 0. The van der Waals surface area contributed by atoms with E-state index in [0.29, 0.717) is 6.04 Å². The van der Waals surface area contributed by atoms with Gasteiger partial charge in [-0.25, -0.2) is 0 Å². The van der Waals surface area contributed by atoms with Gasteiger partial charge in [-0.05, 0) is 44.6 Å². The molecule has 0 aliphatic carbocycles. The number of thiocarbonyl (C=S) groups is 1. The van der Waals surface area contributed by atoms with Crippen LogP contribution in [0.15, 0.2) is 30.3 Å². The molecule has 0 fully saturated rings. The number of benzene rings is 1. The molecular formula is C14H22N2S. The van der Waals surface area contributed by atoms with Crippen LogP contribution in [0.1, 0.15) is 33.6 Å². The Bertz CT molecular complexity index is 335. The van der Waals surface area contributed by atoms with Crippen molar-refractivity contribution in [3.8, 4) is 0 Å². The molecule has 0 heterocycles. The summed E-state index contributed by atoms with van der Waals surface area (Å²) in [5.74, 6) is 0. The van der Waals surface area contributed by atoms with Crippen molar-refractivity contribution in [3.63, 3.8) is 0 Å². The molecule has 1 N–H and O–H groups in total. The molecule has 0 amide bonds. The number of para-hydroxylation sites is 1. The quantitative estimate of drug-likeness (QED) is 0.804. The molecule has 1 rings (SSSR count). The molecule has 0 radical (unpaired) electrons. The Labute approximate surface area is 110 Å². The molecule has 1 aromatic carbocycles. The molecule has 0 aliphatic heterocycles. The number of unbranched alkanes of at least 4 members (excludes halogenated alkanes) is 1. The van der Waals surface area contributed by atoms with Crippen LogP contribution in [0.3, 0.4) is 0 Å². The Morgan fingerprint density at radius 1 is 1.29 bits per heavy atom. The molecule has 0 spiro atoms. The number of anilines is 1. The molecule has 94 valence electrons. The van der Waals surface area contributed by atoms with Crippen LogP contribution < -0.4 is 10.2 Å². The fourth-order valence-corrected chi connectivity index (χ4v) is 2.03. The van der Waals surface area contributed by atoms with E-state index in [4.69, 9.17) is 12.2 Å². The standard InChI is InChI=1S/C14H22N2S/c1-4-5-11-16(14(17)15-12(2)3)13-9-7-6-8-10-13/h6-10,12H,4-5,11H2,1-3H3,(H,15,17). The van der Waals surface area contributed by atoms with Crippen LogP contribution in [0.25, 0.3) is 0 Å². The predicted octanol–water partition coefficient (Wildman–Crippen LogP) is 3.58. The van der Waals surface area contributed by atoms with Crippen LogP contribution in [0.5, 0.6) is 0 Å². The van der Waals surface area contributed by atoms with Crippen molar-refractivity contribution >= 4 is 23.0 Å². The van der Waals surface area contributed by atoms with Crippen LogP contribution in [-0.2, 0) is 0 Å². The molecule has 0 saturated carbocycles. The van der Waals surface area contributed by atoms with Gasteiger partial charge in [-0.3, -0.25) is 0 Å². The zero-order chi connectivity index (χ0) is 12.7. The summed E-state index contributed by atoms with van der Waals surface area (Å²) in [5.41, 5.74) is 1.17. The Morgan fingerprint density at radius 3 is 2.47 bits per heavy atom. The molecule has 0 aliphatic rings. The topological polar surface area (TPSA) is 15.3 Å². The normalized spacial score (nSPS) is 10.4. The highest BCUT2D eigenvalue weighted by Crippen LogP contribution is 2.14. The molecule has 1 aromatic rings. The lowest BCUT2D eigenvalue weighted by Crippen LogP contribution is -2.43. The summed E-state index contributed by atoms with van der Waals surface area (Å²) in [6.07, 6.45) is 2.32. The van der Waals surface area contributed by atoms with E-state index < -0.39 is 0 Å². The van der Waals surface area contributed by atoms with Gasteiger partial charge in [-0.15, -0.1) is 0 Å². The van der Waals surface area contributed by atoms with E-state index in [1.165, 1.54) is 12.1 Å². The highest BCUT2D eigenvalue weighted by molar-refractivity contribution is 7.80. The van der Waals surface area contributed by atoms with E-state index in [-0.39, 0.29) is 0 Å². The first-order valence-corrected chi connectivity index (χ1v) is 6.69. The first-order valence-electron chi connectivity index (χ1n) is 6.28. The Morgan fingerprint density at radius 2 is 1.94 bits per heavy atom. The van der Waals surface area contributed by atoms with Crippen LogP contribution in [0.4, 0.5) is 5.69 Å². The summed E-state index contributed by atoms with van der Waals surface area (Å²) in [6.45, 7) is 7.38. The molecule has 0 atom stereocenters. The molecule has 2 nitrogen and oxygen atoms in total. The van der Waals surface area contributed by atoms with E-state index in [9.17, 15) is 0 Å². The third-order valence-corrected chi connectivity index (χ3v) is 2.80.